The summed E-state index contributed by atoms with van der Waals surface area (Å²) in [5.74, 6) is 0.539. The molecule has 1 aromatic carbocycles. The predicted octanol–water partition coefficient (Wildman–Crippen LogP) is 4.24. The maximum atomic E-state index is 13.6. The molecule has 5 heteroatoms. The van der Waals surface area contributed by atoms with Gasteiger partial charge in [0.1, 0.15) is 5.82 Å². The summed E-state index contributed by atoms with van der Waals surface area (Å²) in [5.41, 5.74) is 1.82. The molecule has 1 saturated carbocycles. The summed E-state index contributed by atoms with van der Waals surface area (Å²) < 4.78 is 17.0. The number of imidazole rings is 1. The van der Waals surface area contributed by atoms with Gasteiger partial charge in [-0.1, -0.05) is 6.42 Å². The summed E-state index contributed by atoms with van der Waals surface area (Å²) in [7, 11) is 0. The Labute approximate surface area is 117 Å². The molecule has 2 nitrogen and oxygen atoms in total. The van der Waals surface area contributed by atoms with E-state index in [1.54, 1.807) is 6.07 Å². The minimum atomic E-state index is -0.172. The molecule has 17 heavy (non-hydrogen) atoms. The van der Waals surface area contributed by atoms with E-state index in [0.29, 0.717) is 14.3 Å². The highest BCUT2D eigenvalue weighted by Crippen LogP contribution is 2.30. The number of aromatic nitrogens is 2. The van der Waals surface area contributed by atoms with E-state index in [0.717, 1.165) is 17.6 Å². The van der Waals surface area contributed by atoms with Crippen molar-refractivity contribution in [3.05, 3.63) is 26.3 Å². The second-order valence-corrected chi connectivity index (χ2v) is 6.17. The van der Waals surface area contributed by atoms with Gasteiger partial charge in [0.05, 0.1) is 14.6 Å². The number of H-pyrrole nitrogens is 1. The average Bonchev–Trinajstić information content (AvgIpc) is 2.49. The minimum absolute atomic E-state index is 0.172. The van der Waals surface area contributed by atoms with Crippen molar-refractivity contribution in [1.82, 2.24) is 9.55 Å². The van der Waals surface area contributed by atoms with Crippen LogP contribution in [0.5, 0.6) is 0 Å². The van der Waals surface area contributed by atoms with Crippen molar-refractivity contribution in [2.45, 2.75) is 25.8 Å². The SMILES string of the molecule is Fc1cc2c(cc1I)[nH]c(=S)n2CC1CCC1. The van der Waals surface area contributed by atoms with Crippen molar-refractivity contribution in [3.8, 4) is 0 Å². The molecule has 0 unspecified atom stereocenters. The smallest absolute Gasteiger partial charge is 0.178 e. The Kier molecular flexibility index (Phi) is 2.98. The van der Waals surface area contributed by atoms with Gasteiger partial charge < -0.3 is 9.55 Å². The molecule has 0 atom stereocenters. The van der Waals surface area contributed by atoms with E-state index in [9.17, 15) is 4.39 Å². The van der Waals surface area contributed by atoms with Crippen LogP contribution in [0.15, 0.2) is 12.1 Å². The third kappa shape index (κ3) is 2.03. The molecule has 1 fully saturated rings. The van der Waals surface area contributed by atoms with Crippen LogP contribution in [0.3, 0.4) is 0 Å². The van der Waals surface area contributed by atoms with Crippen LogP contribution in [0.25, 0.3) is 11.0 Å². The Morgan fingerprint density at radius 1 is 1.47 bits per heavy atom. The second kappa shape index (κ2) is 4.35. The van der Waals surface area contributed by atoms with Crippen LogP contribution in [0.2, 0.25) is 0 Å². The van der Waals surface area contributed by atoms with Crippen molar-refractivity contribution in [2.75, 3.05) is 0 Å². The third-order valence-corrected chi connectivity index (χ3v) is 4.63. The molecule has 0 aliphatic heterocycles. The van der Waals surface area contributed by atoms with Gasteiger partial charge in [0.2, 0.25) is 0 Å². The molecule has 1 N–H and O–H groups in total. The molecular weight excluding hydrogens is 350 g/mol. The maximum absolute atomic E-state index is 13.6. The minimum Gasteiger partial charge on any atom is -0.331 e. The molecule has 0 saturated heterocycles. The first-order valence-corrected chi connectivity index (χ1v) is 7.21. The van der Waals surface area contributed by atoms with Crippen LogP contribution in [0, 0.1) is 20.1 Å². The summed E-state index contributed by atoms with van der Waals surface area (Å²) >= 11 is 7.31. The molecule has 0 bridgehead atoms. The standard InChI is InChI=1S/C12H12FIN2S/c13-8-4-11-10(5-9(8)14)15-12(17)16(11)6-7-2-1-3-7/h4-5,7H,1-3,6H2,(H,15,17). The number of benzene rings is 1. The molecule has 1 aliphatic rings. The summed E-state index contributed by atoms with van der Waals surface area (Å²) in [4.78, 5) is 3.15. The van der Waals surface area contributed by atoms with Gasteiger partial charge in [-0.3, -0.25) is 0 Å². The van der Waals surface area contributed by atoms with E-state index in [4.69, 9.17) is 12.2 Å². The number of fused-ring (bicyclic) bond motifs is 1. The Hall–Kier alpha value is -0.430. The van der Waals surface area contributed by atoms with E-state index in [2.05, 4.69) is 4.98 Å². The predicted molar refractivity (Wildman–Crippen MR) is 77.1 cm³/mol. The third-order valence-electron chi connectivity index (χ3n) is 3.48. The van der Waals surface area contributed by atoms with Crippen molar-refractivity contribution < 1.29 is 4.39 Å². The molecule has 1 aliphatic carbocycles. The number of aromatic amines is 1. The molecule has 3 rings (SSSR count). The van der Waals surface area contributed by atoms with Gasteiger partial charge in [0.15, 0.2) is 4.77 Å². The lowest BCUT2D eigenvalue weighted by atomic mass is 9.85. The summed E-state index contributed by atoms with van der Waals surface area (Å²) in [6.45, 7) is 0.916. The number of nitrogens with one attached hydrogen (secondary N) is 1. The maximum Gasteiger partial charge on any atom is 0.178 e. The number of halogens is 2. The fraction of sp³-hybridized carbons (Fsp3) is 0.417. The largest absolute Gasteiger partial charge is 0.331 e. The lowest BCUT2D eigenvalue weighted by molar-refractivity contribution is 0.278. The van der Waals surface area contributed by atoms with E-state index in [1.165, 1.54) is 19.3 Å². The quantitative estimate of drug-likeness (QED) is 0.626. The first-order chi connectivity index (χ1) is 8.15. The van der Waals surface area contributed by atoms with Crippen molar-refractivity contribution >= 4 is 45.8 Å². The van der Waals surface area contributed by atoms with Crippen molar-refractivity contribution in [1.29, 1.82) is 0 Å². The van der Waals surface area contributed by atoms with E-state index < -0.39 is 0 Å². The van der Waals surface area contributed by atoms with Crippen LogP contribution in [-0.2, 0) is 6.54 Å². The molecule has 2 aromatic rings. The number of nitrogens with zero attached hydrogens (tertiary/aromatic N) is 1. The lowest BCUT2D eigenvalue weighted by Crippen LogP contribution is -2.18. The fourth-order valence-corrected chi connectivity index (χ4v) is 3.02. The monoisotopic (exact) mass is 362 g/mol. The topological polar surface area (TPSA) is 20.7 Å². The highest BCUT2D eigenvalue weighted by molar-refractivity contribution is 14.1. The van der Waals surface area contributed by atoms with E-state index in [1.807, 2.05) is 33.2 Å². The number of rotatable bonds is 2. The van der Waals surface area contributed by atoms with Crippen molar-refractivity contribution in [3.63, 3.8) is 0 Å². The van der Waals surface area contributed by atoms with Gasteiger partial charge in [0.25, 0.3) is 0 Å². The first kappa shape index (κ1) is 11.6. The zero-order valence-electron chi connectivity index (χ0n) is 9.17. The Bertz CT molecular complexity index is 627. The van der Waals surface area contributed by atoms with Gasteiger partial charge in [-0.25, -0.2) is 4.39 Å². The van der Waals surface area contributed by atoms with Crippen LogP contribution in [0.4, 0.5) is 4.39 Å². The highest BCUT2D eigenvalue weighted by atomic mass is 127. The van der Waals surface area contributed by atoms with Crippen LogP contribution in [0.1, 0.15) is 19.3 Å². The van der Waals surface area contributed by atoms with Gasteiger partial charge in [-0.05, 0) is 59.6 Å². The van der Waals surface area contributed by atoms with Crippen LogP contribution in [-0.4, -0.2) is 9.55 Å². The average molecular weight is 362 g/mol. The van der Waals surface area contributed by atoms with E-state index >= 15 is 0 Å². The molecule has 0 radical (unpaired) electrons. The molecule has 1 aromatic heterocycles. The molecule has 0 spiro atoms. The first-order valence-electron chi connectivity index (χ1n) is 5.72. The van der Waals surface area contributed by atoms with Gasteiger partial charge in [0, 0.05) is 12.6 Å². The van der Waals surface area contributed by atoms with E-state index in [-0.39, 0.29) is 5.82 Å². The van der Waals surface area contributed by atoms with Crippen LogP contribution < -0.4 is 0 Å². The van der Waals surface area contributed by atoms with Crippen molar-refractivity contribution in [2.24, 2.45) is 5.92 Å². The summed E-state index contributed by atoms with van der Waals surface area (Å²) in [5, 5.41) is 0. The second-order valence-electron chi connectivity index (χ2n) is 4.62. The Morgan fingerprint density at radius 2 is 2.24 bits per heavy atom. The lowest BCUT2D eigenvalue weighted by Gasteiger charge is -2.25. The molecule has 90 valence electrons. The molecule has 1 heterocycles. The fourth-order valence-electron chi connectivity index (χ4n) is 2.27. The molecule has 0 amide bonds. The number of hydrogen-bond donors (Lipinski definition) is 1. The van der Waals surface area contributed by atoms with Gasteiger partial charge in [-0.15, -0.1) is 0 Å². The molecular formula is C12H12FIN2S. The normalized spacial score (nSPS) is 16.4. The Morgan fingerprint density at radius 3 is 2.88 bits per heavy atom. The summed E-state index contributed by atoms with van der Waals surface area (Å²) in [6, 6.07) is 3.40. The zero-order chi connectivity index (χ0) is 12.0. The Balaban J connectivity index is 2.12. The highest BCUT2D eigenvalue weighted by Gasteiger charge is 2.19. The van der Waals surface area contributed by atoms with Gasteiger partial charge in [-0.2, -0.15) is 0 Å². The van der Waals surface area contributed by atoms with Crippen LogP contribution >= 0.6 is 34.8 Å². The summed E-state index contributed by atoms with van der Waals surface area (Å²) in [6.07, 6.45) is 3.84. The number of hydrogen-bond acceptors (Lipinski definition) is 1. The van der Waals surface area contributed by atoms with Gasteiger partial charge >= 0.3 is 0 Å². The zero-order valence-corrected chi connectivity index (χ0v) is 12.1.